The number of rotatable bonds is 6. The molecule has 1 saturated heterocycles. The molecule has 1 amide bonds. The molecule has 0 bridgehead atoms. The van der Waals surface area contributed by atoms with Crippen molar-refractivity contribution in [3.63, 3.8) is 0 Å². The van der Waals surface area contributed by atoms with Crippen molar-refractivity contribution in [2.45, 2.75) is 44.9 Å². The summed E-state index contributed by atoms with van der Waals surface area (Å²) >= 11 is 1.77. The smallest absolute Gasteiger partial charge is 0.254 e. The van der Waals surface area contributed by atoms with Crippen LogP contribution >= 0.6 is 11.3 Å². The van der Waals surface area contributed by atoms with Crippen LogP contribution in [0.3, 0.4) is 0 Å². The highest BCUT2D eigenvalue weighted by Gasteiger charge is 2.26. The number of nitrogens with zero attached hydrogens (tertiary/aromatic N) is 2. The molecule has 1 aliphatic carbocycles. The Morgan fingerprint density at radius 1 is 1.21 bits per heavy atom. The van der Waals surface area contributed by atoms with Crippen LogP contribution in [0.5, 0.6) is 0 Å². The molecule has 1 aromatic heterocycles. The summed E-state index contributed by atoms with van der Waals surface area (Å²) in [4.78, 5) is 18.9. The first-order valence-electron chi connectivity index (χ1n) is 10.9. The molecule has 2 heterocycles. The van der Waals surface area contributed by atoms with Crippen LogP contribution in [0, 0.1) is 11.7 Å². The van der Waals surface area contributed by atoms with E-state index in [9.17, 15) is 9.18 Å². The number of halogens is 1. The Balaban J connectivity index is 1.30. The highest BCUT2D eigenvalue weighted by atomic mass is 32.1. The van der Waals surface area contributed by atoms with Gasteiger partial charge in [0.15, 0.2) is 0 Å². The molecule has 2 aliphatic rings. The number of hydrogen-bond acceptors (Lipinski definition) is 3. The van der Waals surface area contributed by atoms with Gasteiger partial charge >= 0.3 is 0 Å². The summed E-state index contributed by atoms with van der Waals surface area (Å²) in [6.07, 6.45) is 7.99. The molecule has 2 aromatic rings. The molecule has 5 heteroatoms. The van der Waals surface area contributed by atoms with Gasteiger partial charge in [0, 0.05) is 36.9 Å². The Kier molecular flexibility index (Phi) is 6.66. The second-order valence-corrected chi connectivity index (χ2v) is 9.59. The summed E-state index contributed by atoms with van der Waals surface area (Å²) in [5.74, 6) is 0.555. The van der Waals surface area contributed by atoms with E-state index in [0.717, 1.165) is 51.0 Å². The fourth-order valence-electron chi connectivity index (χ4n) is 4.79. The van der Waals surface area contributed by atoms with Gasteiger partial charge in [0.25, 0.3) is 5.91 Å². The summed E-state index contributed by atoms with van der Waals surface area (Å²) in [5, 5.41) is 2.09. The Bertz CT molecular complexity index is 832. The van der Waals surface area contributed by atoms with Gasteiger partial charge in [-0.1, -0.05) is 12.1 Å². The fraction of sp³-hybridized carbons (Fsp3) is 0.542. The van der Waals surface area contributed by atoms with E-state index < -0.39 is 0 Å². The molecule has 1 aromatic carbocycles. The number of likely N-dealkylation sites (tertiary alicyclic amines) is 1. The zero-order valence-corrected chi connectivity index (χ0v) is 18.1. The fourth-order valence-corrected chi connectivity index (χ4v) is 5.91. The molecular weight excluding hydrogens is 383 g/mol. The van der Waals surface area contributed by atoms with Gasteiger partial charge in [-0.15, -0.1) is 11.3 Å². The maximum atomic E-state index is 13.1. The molecule has 29 heavy (non-hydrogen) atoms. The second kappa shape index (κ2) is 9.40. The van der Waals surface area contributed by atoms with Crippen molar-refractivity contribution in [1.82, 2.24) is 9.80 Å². The lowest BCUT2D eigenvalue weighted by atomic mass is 9.94. The molecule has 0 N–H and O–H groups in total. The van der Waals surface area contributed by atoms with Crippen molar-refractivity contribution in [3.05, 3.63) is 57.0 Å². The van der Waals surface area contributed by atoms with Crippen LogP contribution in [-0.2, 0) is 19.3 Å². The van der Waals surface area contributed by atoms with Crippen molar-refractivity contribution in [2.24, 2.45) is 5.92 Å². The Morgan fingerprint density at radius 2 is 2.00 bits per heavy atom. The molecule has 156 valence electrons. The summed E-state index contributed by atoms with van der Waals surface area (Å²) in [6, 6.07) is 6.84. The van der Waals surface area contributed by atoms with E-state index >= 15 is 0 Å². The average Bonchev–Trinajstić information content (AvgIpc) is 3.17. The lowest BCUT2D eigenvalue weighted by Gasteiger charge is -2.34. The van der Waals surface area contributed by atoms with Gasteiger partial charge in [-0.25, -0.2) is 4.39 Å². The molecular formula is C24H31FN2OS. The number of fused-ring (bicyclic) bond motifs is 1. The van der Waals surface area contributed by atoms with Crippen LogP contribution in [0.4, 0.5) is 4.39 Å². The van der Waals surface area contributed by atoms with E-state index in [-0.39, 0.29) is 11.7 Å². The predicted octanol–water partition coefficient (Wildman–Crippen LogP) is 4.79. The highest BCUT2D eigenvalue weighted by molar-refractivity contribution is 7.10. The second-order valence-electron chi connectivity index (χ2n) is 8.63. The van der Waals surface area contributed by atoms with Crippen LogP contribution < -0.4 is 0 Å². The van der Waals surface area contributed by atoms with Crippen molar-refractivity contribution < 1.29 is 9.18 Å². The minimum Gasteiger partial charge on any atom is -0.341 e. The van der Waals surface area contributed by atoms with Gasteiger partial charge in [0.2, 0.25) is 0 Å². The number of hydrogen-bond donors (Lipinski definition) is 0. The molecule has 0 radical (unpaired) electrons. The quantitative estimate of drug-likeness (QED) is 0.678. The average molecular weight is 415 g/mol. The van der Waals surface area contributed by atoms with Gasteiger partial charge < -0.3 is 9.80 Å². The van der Waals surface area contributed by atoms with E-state index in [4.69, 9.17) is 0 Å². The maximum absolute atomic E-state index is 13.1. The zero-order chi connectivity index (χ0) is 20.2. The van der Waals surface area contributed by atoms with E-state index in [1.54, 1.807) is 11.3 Å². The number of piperidine rings is 1. The topological polar surface area (TPSA) is 23.6 Å². The van der Waals surface area contributed by atoms with Crippen LogP contribution in [0.15, 0.2) is 29.6 Å². The third kappa shape index (κ3) is 5.07. The van der Waals surface area contributed by atoms with Gasteiger partial charge in [-0.3, -0.25) is 4.79 Å². The minimum absolute atomic E-state index is 0.175. The van der Waals surface area contributed by atoms with Crippen molar-refractivity contribution in [1.29, 1.82) is 0 Å². The third-order valence-corrected chi connectivity index (χ3v) is 7.49. The minimum atomic E-state index is -0.175. The molecule has 1 aliphatic heterocycles. The number of carbonyl (C=O) groups excluding carboxylic acids is 1. The summed E-state index contributed by atoms with van der Waals surface area (Å²) < 4.78 is 13.1. The Morgan fingerprint density at radius 3 is 2.83 bits per heavy atom. The Hall–Kier alpha value is -1.72. The highest BCUT2D eigenvalue weighted by Crippen LogP contribution is 2.31. The summed E-state index contributed by atoms with van der Waals surface area (Å²) in [5.41, 5.74) is 3.46. The Labute approximate surface area is 177 Å². The SMILES string of the molecule is CN(C[C@@H]1CCCN(CCc2ccc(F)cc2)C1)C(=O)c1csc2c1CCCC2. The third-order valence-electron chi connectivity index (χ3n) is 6.40. The molecule has 1 fully saturated rings. The number of amides is 1. The standard InChI is InChI=1S/C24H31FN2OS/c1-26(24(28)22-17-29-23-7-3-2-6-21(22)23)15-19-5-4-13-27(16-19)14-12-18-8-10-20(25)11-9-18/h8-11,17,19H,2-7,12-16H2,1H3/t19-/m0/s1. The van der Waals surface area contributed by atoms with Crippen LogP contribution in [0.1, 0.15) is 52.0 Å². The zero-order valence-electron chi connectivity index (χ0n) is 17.3. The lowest BCUT2D eigenvalue weighted by Crippen LogP contribution is -2.42. The van der Waals surface area contributed by atoms with Crippen molar-refractivity contribution in [3.8, 4) is 0 Å². The monoisotopic (exact) mass is 414 g/mol. The van der Waals surface area contributed by atoms with E-state index in [2.05, 4.69) is 10.3 Å². The van der Waals surface area contributed by atoms with E-state index in [0.29, 0.717) is 5.92 Å². The van der Waals surface area contributed by atoms with E-state index in [1.807, 2.05) is 24.1 Å². The molecule has 4 rings (SSSR count). The van der Waals surface area contributed by atoms with Gasteiger partial charge in [-0.2, -0.15) is 0 Å². The first-order valence-corrected chi connectivity index (χ1v) is 11.8. The maximum Gasteiger partial charge on any atom is 0.254 e. The molecule has 1 atom stereocenters. The first kappa shape index (κ1) is 20.5. The van der Waals surface area contributed by atoms with Crippen LogP contribution in [-0.4, -0.2) is 48.9 Å². The lowest BCUT2D eigenvalue weighted by molar-refractivity contribution is 0.0729. The molecule has 0 spiro atoms. The van der Waals surface area contributed by atoms with E-state index in [1.165, 1.54) is 53.8 Å². The van der Waals surface area contributed by atoms with Crippen molar-refractivity contribution >= 4 is 17.2 Å². The number of aryl methyl sites for hydroxylation is 1. The summed E-state index contributed by atoms with van der Waals surface area (Å²) in [6.45, 7) is 3.99. The molecule has 0 unspecified atom stereocenters. The van der Waals surface area contributed by atoms with Gasteiger partial charge in [-0.05, 0) is 80.7 Å². The first-order chi connectivity index (χ1) is 14.1. The van der Waals surface area contributed by atoms with Gasteiger partial charge in [0.05, 0.1) is 5.56 Å². The largest absolute Gasteiger partial charge is 0.341 e. The molecule has 0 saturated carbocycles. The van der Waals surface area contributed by atoms with Crippen LogP contribution in [0.25, 0.3) is 0 Å². The van der Waals surface area contributed by atoms with Crippen molar-refractivity contribution in [2.75, 3.05) is 33.2 Å². The van der Waals surface area contributed by atoms with Gasteiger partial charge in [0.1, 0.15) is 5.82 Å². The predicted molar refractivity (Wildman–Crippen MR) is 117 cm³/mol. The number of thiophene rings is 1. The number of benzene rings is 1. The number of carbonyl (C=O) groups is 1. The molecule has 3 nitrogen and oxygen atoms in total. The normalized spacial score (nSPS) is 19.7. The van der Waals surface area contributed by atoms with Crippen LogP contribution in [0.2, 0.25) is 0 Å². The summed E-state index contributed by atoms with van der Waals surface area (Å²) in [7, 11) is 1.96.